The van der Waals surface area contributed by atoms with E-state index in [0.717, 1.165) is 17.1 Å². The molecule has 0 aliphatic rings. The molecular weight excluding hydrogens is 368 g/mol. The van der Waals surface area contributed by atoms with Gasteiger partial charge in [-0.25, -0.2) is 9.78 Å². The third kappa shape index (κ3) is 4.90. The van der Waals surface area contributed by atoms with E-state index in [1.165, 1.54) is 7.11 Å². The minimum atomic E-state index is -0.520. The number of methoxy groups -OCH3 is 1. The van der Waals surface area contributed by atoms with Gasteiger partial charge in [-0.15, -0.1) is 0 Å². The summed E-state index contributed by atoms with van der Waals surface area (Å²) in [7, 11) is 5.27. The SMILES string of the molecule is COC(=O)c1ccccc1NC(=O)c1ccc(Nc2ccc(N(C)C)cc2)cn1. The average molecular weight is 390 g/mol. The molecule has 7 nitrogen and oxygen atoms in total. The fourth-order valence-corrected chi connectivity index (χ4v) is 2.68. The van der Waals surface area contributed by atoms with Crippen molar-refractivity contribution in [2.75, 3.05) is 36.7 Å². The van der Waals surface area contributed by atoms with E-state index in [0.29, 0.717) is 5.69 Å². The van der Waals surface area contributed by atoms with Crippen LogP contribution in [-0.2, 0) is 4.74 Å². The zero-order valence-corrected chi connectivity index (χ0v) is 16.5. The van der Waals surface area contributed by atoms with Crippen LogP contribution in [0.25, 0.3) is 0 Å². The summed E-state index contributed by atoms with van der Waals surface area (Å²) in [4.78, 5) is 30.6. The Morgan fingerprint density at radius 3 is 2.24 bits per heavy atom. The van der Waals surface area contributed by atoms with E-state index in [4.69, 9.17) is 4.74 Å². The van der Waals surface area contributed by atoms with Crippen molar-refractivity contribution < 1.29 is 14.3 Å². The van der Waals surface area contributed by atoms with Crippen LogP contribution >= 0.6 is 0 Å². The zero-order valence-electron chi connectivity index (χ0n) is 16.5. The van der Waals surface area contributed by atoms with Crippen LogP contribution in [0, 0.1) is 0 Å². The van der Waals surface area contributed by atoms with Crippen LogP contribution < -0.4 is 15.5 Å². The summed E-state index contributed by atoms with van der Waals surface area (Å²) < 4.78 is 4.74. The van der Waals surface area contributed by atoms with Crippen molar-refractivity contribution in [2.45, 2.75) is 0 Å². The highest BCUT2D eigenvalue weighted by molar-refractivity contribution is 6.07. The molecule has 0 spiro atoms. The normalized spacial score (nSPS) is 10.2. The molecule has 148 valence electrons. The molecule has 0 saturated heterocycles. The van der Waals surface area contributed by atoms with Crippen LogP contribution in [0.3, 0.4) is 0 Å². The van der Waals surface area contributed by atoms with E-state index < -0.39 is 11.9 Å². The number of esters is 1. The lowest BCUT2D eigenvalue weighted by Crippen LogP contribution is -2.16. The second-order valence-electron chi connectivity index (χ2n) is 6.49. The number of aromatic nitrogens is 1. The Kier molecular flexibility index (Phi) is 6.09. The highest BCUT2D eigenvalue weighted by atomic mass is 16.5. The van der Waals surface area contributed by atoms with Crippen molar-refractivity contribution in [3.63, 3.8) is 0 Å². The van der Waals surface area contributed by atoms with Crippen molar-refractivity contribution in [3.05, 3.63) is 78.1 Å². The Morgan fingerprint density at radius 1 is 0.931 bits per heavy atom. The van der Waals surface area contributed by atoms with Crippen LogP contribution in [0.4, 0.5) is 22.7 Å². The van der Waals surface area contributed by atoms with Gasteiger partial charge in [-0.1, -0.05) is 12.1 Å². The summed E-state index contributed by atoms with van der Waals surface area (Å²) in [6.07, 6.45) is 1.58. The third-order valence-electron chi connectivity index (χ3n) is 4.25. The van der Waals surface area contributed by atoms with Crippen LogP contribution in [0.1, 0.15) is 20.8 Å². The number of benzene rings is 2. The highest BCUT2D eigenvalue weighted by Gasteiger charge is 2.15. The Balaban J connectivity index is 1.68. The van der Waals surface area contributed by atoms with Crippen molar-refractivity contribution >= 4 is 34.6 Å². The van der Waals surface area contributed by atoms with Crippen molar-refractivity contribution in [3.8, 4) is 0 Å². The van der Waals surface area contributed by atoms with E-state index in [1.54, 1.807) is 42.6 Å². The third-order valence-corrected chi connectivity index (χ3v) is 4.25. The maximum absolute atomic E-state index is 12.5. The van der Waals surface area contributed by atoms with Gasteiger partial charge in [0.1, 0.15) is 5.69 Å². The number of hydrogen-bond acceptors (Lipinski definition) is 6. The van der Waals surface area contributed by atoms with E-state index in [1.807, 2.05) is 43.3 Å². The molecular formula is C22H22N4O3. The van der Waals surface area contributed by atoms with Gasteiger partial charge in [-0.05, 0) is 48.5 Å². The molecule has 1 aromatic heterocycles. The molecule has 0 aliphatic heterocycles. The quantitative estimate of drug-likeness (QED) is 0.621. The van der Waals surface area contributed by atoms with Gasteiger partial charge < -0.3 is 20.3 Å². The number of nitrogens with zero attached hydrogens (tertiary/aromatic N) is 2. The van der Waals surface area contributed by atoms with Crippen LogP contribution in [0.2, 0.25) is 0 Å². The molecule has 0 radical (unpaired) electrons. The Morgan fingerprint density at radius 2 is 1.62 bits per heavy atom. The minimum Gasteiger partial charge on any atom is -0.465 e. The lowest BCUT2D eigenvalue weighted by molar-refractivity contribution is 0.0602. The standard InChI is InChI=1S/C22H22N4O3/c1-26(2)17-11-8-15(9-12-17)24-16-10-13-20(23-14-16)21(27)25-19-7-5-4-6-18(19)22(28)29-3/h4-14,24H,1-3H3,(H,25,27). The summed E-state index contributed by atoms with van der Waals surface area (Å²) in [5, 5.41) is 5.94. The molecule has 3 rings (SSSR count). The predicted octanol–water partition coefficient (Wildman–Crippen LogP) is 3.93. The Bertz CT molecular complexity index is 999. The second-order valence-corrected chi connectivity index (χ2v) is 6.49. The van der Waals surface area contributed by atoms with E-state index in [-0.39, 0.29) is 11.3 Å². The van der Waals surface area contributed by atoms with Gasteiger partial charge in [0, 0.05) is 25.5 Å². The summed E-state index contributed by atoms with van der Waals surface area (Å²) in [5.74, 6) is -0.933. The fourth-order valence-electron chi connectivity index (χ4n) is 2.68. The molecule has 7 heteroatoms. The summed E-state index contributed by atoms with van der Waals surface area (Å²) in [6, 6.07) is 18.0. The van der Waals surface area contributed by atoms with Gasteiger partial charge in [-0.3, -0.25) is 4.79 Å². The zero-order chi connectivity index (χ0) is 20.8. The Hall–Kier alpha value is -3.87. The summed E-state index contributed by atoms with van der Waals surface area (Å²) in [5.41, 5.74) is 3.67. The molecule has 29 heavy (non-hydrogen) atoms. The molecule has 2 N–H and O–H groups in total. The van der Waals surface area contributed by atoms with Gasteiger partial charge in [0.15, 0.2) is 0 Å². The molecule has 0 saturated carbocycles. The molecule has 0 atom stereocenters. The average Bonchev–Trinajstić information content (AvgIpc) is 2.74. The van der Waals surface area contributed by atoms with Gasteiger partial charge in [-0.2, -0.15) is 0 Å². The van der Waals surface area contributed by atoms with Gasteiger partial charge >= 0.3 is 5.97 Å². The first-order chi connectivity index (χ1) is 14.0. The first kappa shape index (κ1) is 19.9. The number of carbonyl (C=O) groups excluding carboxylic acids is 2. The number of amides is 1. The van der Waals surface area contributed by atoms with Gasteiger partial charge in [0.25, 0.3) is 5.91 Å². The second kappa shape index (κ2) is 8.88. The number of ether oxygens (including phenoxy) is 1. The first-order valence-electron chi connectivity index (χ1n) is 8.97. The minimum absolute atomic E-state index is 0.234. The molecule has 2 aromatic carbocycles. The predicted molar refractivity (Wildman–Crippen MR) is 114 cm³/mol. The lowest BCUT2D eigenvalue weighted by atomic mass is 10.1. The molecule has 1 heterocycles. The van der Waals surface area contributed by atoms with E-state index in [9.17, 15) is 9.59 Å². The number of carbonyl (C=O) groups is 2. The molecule has 0 fully saturated rings. The van der Waals surface area contributed by atoms with Gasteiger partial charge in [0.2, 0.25) is 0 Å². The number of nitrogens with one attached hydrogen (secondary N) is 2. The molecule has 0 unspecified atom stereocenters. The highest BCUT2D eigenvalue weighted by Crippen LogP contribution is 2.20. The number of hydrogen-bond donors (Lipinski definition) is 2. The number of anilines is 4. The van der Waals surface area contributed by atoms with Crippen molar-refractivity contribution in [1.82, 2.24) is 4.98 Å². The first-order valence-corrected chi connectivity index (χ1v) is 8.97. The number of rotatable bonds is 6. The summed E-state index contributed by atoms with van der Waals surface area (Å²) in [6.45, 7) is 0. The maximum atomic E-state index is 12.5. The summed E-state index contributed by atoms with van der Waals surface area (Å²) >= 11 is 0. The maximum Gasteiger partial charge on any atom is 0.339 e. The van der Waals surface area contributed by atoms with Crippen molar-refractivity contribution in [1.29, 1.82) is 0 Å². The number of para-hydroxylation sites is 1. The molecule has 0 bridgehead atoms. The van der Waals surface area contributed by atoms with E-state index in [2.05, 4.69) is 15.6 Å². The molecule has 3 aromatic rings. The van der Waals surface area contributed by atoms with E-state index >= 15 is 0 Å². The molecule has 1 amide bonds. The van der Waals surface area contributed by atoms with Crippen LogP contribution in [0.5, 0.6) is 0 Å². The molecule has 0 aliphatic carbocycles. The smallest absolute Gasteiger partial charge is 0.339 e. The lowest BCUT2D eigenvalue weighted by Gasteiger charge is -2.13. The van der Waals surface area contributed by atoms with Crippen LogP contribution in [-0.4, -0.2) is 38.1 Å². The monoisotopic (exact) mass is 390 g/mol. The topological polar surface area (TPSA) is 83.6 Å². The number of pyridine rings is 1. The van der Waals surface area contributed by atoms with Crippen LogP contribution in [0.15, 0.2) is 66.9 Å². The van der Waals surface area contributed by atoms with Gasteiger partial charge in [0.05, 0.1) is 30.2 Å². The van der Waals surface area contributed by atoms with Crippen molar-refractivity contribution in [2.24, 2.45) is 0 Å². The largest absolute Gasteiger partial charge is 0.465 e. The Labute approximate surface area is 169 Å². The fraction of sp³-hybridized carbons (Fsp3) is 0.136.